The van der Waals surface area contributed by atoms with Crippen LogP contribution in [-0.4, -0.2) is 22.9 Å². The van der Waals surface area contributed by atoms with E-state index in [0.29, 0.717) is 6.04 Å². The second-order valence-electron chi connectivity index (χ2n) is 5.77. The molecule has 0 aliphatic carbocycles. The van der Waals surface area contributed by atoms with Gasteiger partial charge in [-0.25, -0.2) is 0 Å². The third-order valence-electron chi connectivity index (χ3n) is 4.20. The van der Waals surface area contributed by atoms with Crippen LogP contribution >= 0.6 is 11.6 Å². The van der Waals surface area contributed by atoms with E-state index in [1.807, 2.05) is 0 Å². The van der Waals surface area contributed by atoms with Gasteiger partial charge in [-0.2, -0.15) is 5.10 Å². The molecule has 1 N–H and O–H groups in total. The van der Waals surface area contributed by atoms with Crippen LogP contribution in [0.3, 0.4) is 0 Å². The van der Waals surface area contributed by atoms with Crippen LogP contribution in [0.15, 0.2) is 0 Å². The Morgan fingerprint density at radius 3 is 2.43 bits per heavy atom. The van der Waals surface area contributed by atoms with Crippen molar-refractivity contribution in [2.75, 3.05) is 7.05 Å². The molecule has 122 valence electrons. The highest BCUT2D eigenvalue weighted by Gasteiger charge is 2.17. The molecular formula is C17H32ClN3. The molecule has 1 atom stereocenters. The van der Waals surface area contributed by atoms with E-state index in [-0.39, 0.29) is 0 Å². The number of hydrogen-bond acceptors (Lipinski definition) is 2. The van der Waals surface area contributed by atoms with Crippen LogP contribution in [-0.2, 0) is 19.4 Å². The molecule has 4 heteroatoms. The maximum atomic E-state index is 6.50. The summed E-state index contributed by atoms with van der Waals surface area (Å²) in [7, 11) is 2.05. The number of likely N-dealkylation sites (N-methyl/N-ethyl adjacent to an activating group) is 1. The van der Waals surface area contributed by atoms with E-state index in [2.05, 4.69) is 42.9 Å². The molecule has 0 fully saturated rings. The van der Waals surface area contributed by atoms with Crippen molar-refractivity contribution in [3.05, 3.63) is 16.4 Å². The summed E-state index contributed by atoms with van der Waals surface area (Å²) in [6, 6.07) is 0.496. The number of rotatable bonds is 11. The predicted octanol–water partition coefficient (Wildman–Crippen LogP) is 4.61. The van der Waals surface area contributed by atoms with E-state index in [1.165, 1.54) is 44.2 Å². The van der Waals surface area contributed by atoms with E-state index < -0.39 is 0 Å². The quantitative estimate of drug-likeness (QED) is 0.605. The number of aryl methyl sites for hydroxylation is 2. The van der Waals surface area contributed by atoms with Gasteiger partial charge in [-0.1, -0.05) is 57.6 Å². The Morgan fingerprint density at radius 2 is 1.86 bits per heavy atom. The van der Waals surface area contributed by atoms with Crippen LogP contribution in [0.5, 0.6) is 0 Å². The normalized spacial score (nSPS) is 12.8. The summed E-state index contributed by atoms with van der Waals surface area (Å²) in [6.45, 7) is 7.39. The molecule has 0 aliphatic heterocycles. The molecule has 0 spiro atoms. The van der Waals surface area contributed by atoms with Crippen molar-refractivity contribution in [2.24, 2.45) is 0 Å². The second-order valence-corrected chi connectivity index (χ2v) is 6.15. The zero-order valence-corrected chi connectivity index (χ0v) is 15.0. The van der Waals surface area contributed by atoms with Crippen LogP contribution in [0.4, 0.5) is 0 Å². The van der Waals surface area contributed by atoms with Gasteiger partial charge in [0.05, 0.1) is 16.4 Å². The maximum absolute atomic E-state index is 6.50. The molecule has 0 aromatic carbocycles. The zero-order valence-electron chi connectivity index (χ0n) is 14.2. The fraction of sp³-hybridized carbons (Fsp3) is 0.824. The summed E-state index contributed by atoms with van der Waals surface area (Å²) < 4.78 is 2.07. The van der Waals surface area contributed by atoms with Gasteiger partial charge in [0.25, 0.3) is 0 Å². The molecule has 1 rings (SSSR count). The first-order valence-corrected chi connectivity index (χ1v) is 8.96. The Labute approximate surface area is 135 Å². The van der Waals surface area contributed by atoms with Crippen LogP contribution < -0.4 is 5.32 Å². The minimum absolute atomic E-state index is 0.496. The monoisotopic (exact) mass is 313 g/mol. The smallest absolute Gasteiger partial charge is 0.0850 e. The Morgan fingerprint density at radius 1 is 1.14 bits per heavy atom. The lowest BCUT2D eigenvalue weighted by Gasteiger charge is -2.17. The van der Waals surface area contributed by atoms with E-state index in [9.17, 15) is 0 Å². The Kier molecular flexibility index (Phi) is 9.02. The summed E-state index contributed by atoms with van der Waals surface area (Å²) in [5, 5.41) is 8.94. The molecule has 0 aliphatic rings. The van der Waals surface area contributed by atoms with E-state index in [4.69, 9.17) is 11.6 Å². The van der Waals surface area contributed by atoms with E-state index >= 15 is 0 Å². The summed E-state index contributed by atoms with van der Waals surface area (Å²) in [5.74, 6) is 0. The van der Waals surface area contributed by atoms with Crippen molar-refractivity contribution in [1.82, 2.24) is 15.1 Å². The lowest BCUT2D eigenvalue weighted by Crippen LogP contribution is -2.28. The molecule has 0 bridgehead atoms. The summed E-state index contributed by atoms with van der Waals surface area (Å²) in [6.07, 6.45) is 9.76. The van der Waals surface area contributed by atoms with Gasteiger partial charge in [0, 0.05) is 19.0 Å². The first kappa shape index (κ1) is 18.5. The summed E-state index contributed by atoms with van der Waals surface area (Å²) in [5.41, 5.74) is 2.23. The van der Waals surface area contributed by atoms with Gasteiger partial charge in [0.2, 0.25) is 0 Å². The van der Waals surface area contributed by atoms with Gasteiger partial charge < -0.3 is 5.32 Å². The molecule has 0 saturated heterocycles. The Bertz CT molecular complexity index is 401. The highest BCUT2D eigenvalue weighted by molar-refractivity contribution is 6.31. The number of aromatic nitrogens is 2. The highest BCUT2D eigenvalue weighted by Crippen LogP contribution is 2.24. The number of nitrogens with one attached hydrogen (secondary N) is 1. The molecule has 0 radical (unpaired) electrons. The molecule has 0 saturated carbocycles. The van der Waals surface area contributed by atoms with Gasteiger partial charge in [-0.3, -0.25) is 4.68 Å². The van der Waals surface area contributed by atoms with Gasteiger partial charge >= 0.3 is 0 Å². The Balaban J connectivity index is 2.58. The number of unbranched alkanes of at least 4 members (excludes halogenated alkanes) is 4. The van der Waals surface area contributed by atoms with Crippen LogP contribution in [0.1, 0.15) is 70.7 Å². The molecular weight excluding hydrogens is 282 g/mol. The van der Waals surface area contributed by atoms with Crippen molar-refractivity contribution in [3.8, 4) is 0 Å². The summed E-state index contributed by atoms with van der Waals surface area (Å²) >= 11 is 6.50. The van der Waals surface area contributed by atoms with Crippen molar-refractivity contribution in [1.29, 1.82) is 0 Å². The topological polar surface area (TPSA) is 29.9 Å². The average Bonchev–Trinajstić information content (AvgIpc) is 2.81. The van der Waals surface area contributed by atoms with Crippen LogP contribution in [0, 0.1) is 0 Å². The number of halogens is 1. The highest BCUT2D eigenvalue weighted by atomic mass is 35.5. The van der Waals surface area contributed by atoms with Gasteiger partial charge in [0.1, 0.15) is 0 Å². The number of nitrogens with zero attached hydrogens (tertiary/aromatic N) is 2. The van der Waals surface area contributed by atoms with E-state index in [0.717, 1.165) is 30.1 Å². The van der Waals surface area contributed by atoms with Crippen molar-refractivity contribution in [3.63, 3.8) is 0 Å². The number of hydrogen-bond donors (Lipinski definition) is 1. The molecule has 0 amide bonds. The van der Waals surface area contributed by atoms with Crippen molar-refractivity contribution >= 4 is 11.6 Å². The second kappa shape index (κ2) is 10.2. The minimum Gasteiger partial charge on any atom is -0.317 e. The lowest BCUT2D eigenvalue weighted by molar-refractivity contribution is 0.466. The average molecular weight is 314 g/mol. The standard InChI is InChI=1S/C17H32ClN3/c1-5-8-9-10-11-12-14(19-4)13-16-17(18)15(6-2)20-21(16)7-3/h14,19H,5-13H2,1-4H3. The SMILES string of the molecule is CCCCCCCC(Cc1c(Cl)c(CC)nn1CC)NC. The maximum Gasteiger partial charge on any atom is 0.0850 e. The van der Waals surface area contributed by atoms with Gasteiger partial charge in [-0.05, 0) is 26.8 Å². The molecule has 3 nitrogen and oxygen atoms in total. The molecule has 1 unspecified atom stereocenters. The van der Waals surface area contributed by atoms with Crippen molar-refractivity contribution < 1.29 is 0 Å². The largest absolute Gasteiger partial charge is 0.317 e. The minimum atomic E-state index is 0.496. The molecule has 21 heavy (non-hydrogen) atoms. The van der Waals surface area contributed by atoms with E-state index in [1.54, 1.807) is 0 Å². The molecule has 1 aromatic heterocycles. The molecule has 1 heterocycles. The fourth-order valence-electron chi connectivity index (χ4n) is 2.79. The van der Waals surface area contributed by atoms with Gasteiger partial charge in [-0.15, -0.1) is 0 Å². The summed E-state index contributed by atoms with van der Waals surface area (Å²) in [4.78, 5) is 0. The van der Waals surface area contributed by atoms with Crippen LogP contribution in [0.2, 0.25) is 5.02 Å². The Hall–Kier alpha value is -0.540. The zero-order chi connectivity index (χ0) is 15.7. The first-order chi connectivity index (χ1) is 10.2. The third-order valence-corrected chi connectivity index (χ3v) is 4.63. The lowest BCUT2D eigenvalue weighted by atomic mass is 10.0. The fourth-order valence-corrected chi connectivity index (χ4v) is 3.13. The third kappa shape index (κ3) is 5.63. The first-order valence-electron chi connectivity index (χ1n) is 8.59. The predicted molar refractivity (Wildman–Crippen MR) is 92.2 cm³/mol. The van der Waals surface area contributed by atoms with Gasteiger partial charge in [0.15, 0.2) is 0 Å². The molecule has 1 aromatic rings. The van der Waals surface area contributed by atoms with Crippen molar-refractivity contribution in [2.45, 2.75) is 84.7 Å². The van der Waals surface area contributed by atoms with Crippen LogP contribution in [0.25, 0.3) is 0 Å².